The molecule has 0 unspecified atom stereocenters. The van der Waals surface area contributed by atoms with E-state index in [0.717, 1.165) is 24.5 Å². The molecule has 0 atom stereocenters. The number of rotatable bonds is 3. The van der Waals surface area contributed by atoms with E-state index in [4.69, 9.17) is 0 Å². The third-order valence-electron chi connectivity index (χ3n) is 2.61. The van der Waals surface area contributed by atoms with Crippen molar-refractivity contribution in [1.82, 2.24) is 25.5 Å². The number of anilines is 1. The van der Waals surface area contributed by atoms with Gasteiger partial charge in [-0.2, -0.15) is 0 Å². The largest absolute Gasteiger partial charge is 0.380 e. The van der Waals surface area contributed by atoms with Crippen molar-refractivity contribution >= 4 is 5.69 Å². The number of aromatic nitrogens is 4. The van der Waals surface area contributed by atoms with Crippen LogP contribution in [-0.4, -0.2) is 39.3 Å². The molecular formula is C10H12N6. The Hall–Kier alpha value is -1.95. The molecule has 6 nitrogen and oxygen atoms in total. The summed E-state index contributed by atoms with van der Waals surface area (Å²) in [7, 11) is 0. The van der Waals surface area contributed by atoms with Crippen molar-refractivity contribution in [3.63, 3.8) is 0 Å². The van der Waals surface area contributed by atoms with Gasteiger partial charge in [0, 0.05) is 18.8 Å². The highest BCUT2D eigenvalue weighted by atomic mass is 15.5. The Morgan fingerprint density at radius 1 is 1.38 bits per heavy atom. The monoisotopic (exact) mass is 216 g/mol. The fraction of sp³-hybridized carbons (Fsp3) is 0.300. The Kier molecular flexibility index (Phi) is 2.26. The fourth-order valence-electron chi connectivity index (χ4n) is 1.64. The van der Waals surface area contributed by atoms with E-state index in [0.29, 0.717) is 6.04 Å². The minimum absolute atomic E-state index is 0.532. The Balaban J connectivity index is 1.82. The lowest BCUT2D eigenvalue weighted by Gasteiger charge is -2.29. The predicted molar refractivity (Wildman–Crippen MR) is 59.4 cm³/mol. The summed E-state index contributed by atoms with van der Waals surface area (Å²) in [6, 6.07) is 8.58. The Morgan fingerprint density at radius 3 is 3.00 bits per heavy atom. The quantitative estimate of drug-likeness (QED) is 0.758. The third kappa shape index (κ3) is 1.74. The molecule has 0 saturated carbocycles. The second-order valence-corrected chi connectivity index (χ2v) is 3.80. The molecule has 82 valence electrons. The summed E-state index contributed by atoms with van der Waals surface area (Å²) in [5, 5.41) is 17.8. The Bertz CT molecular complexity index is 462. The third-order valence-corrected chi connectivity index (χ3v) is 2.61. The Labute approximate surface area is 92.7 Å². The van der Waals surface area contributed by atoms with Crippen molar-refractivity contribution in [2.45, 2.75) is 6.04 Å². The van der Waals surface area contributed by atoms with Crippen LogP contribution in [-0.2, 0) is 0 Å². The van der Waals surface area contributed by atoms with E-state index in [1.165, 1.54) is 0 Å². The summed E-state index contributed by atoms with van der Waals surface area (Å²) in [6.07, 6.45) is 1.59. The van der Waals surface area contributed by atoms with E-state index < -0.39 is 0 Å². The van der Waals surface area contributed by atoms with Crippen molar-refractivity contribution in [1.29, 1.82) is 0 Å². The van der Waals surface area contributed by atoms with E-state index in [2.05, 4.69) is 26.2 Å². The molecule has 2 heterocycles. The molecule has 1 fully saturated rings. The minimum Gasteiger partial charge on any atom is -0.380 e. The molecule has 6 heteroatoms. The zero-order valence-electron chi connectivity index (χ0n) is 8.67. The molecule has 1 aromatic heterocycles. The molecule has 2 N–H and O–H groups in total. The maximum absolute atomic E-state index is 3.86. The average molecular weight is 216 g/mol. The van der Waals surface area contributed by atoms with Crippen molar-refractivity contribution in [3.8, 4) is 5.69 Å². The van der Waals surface area contributed by atoms with Crippen LogP contribution < -0.4 is 10.6 Å². The highest BCUT2D eigenvalue weighted by Gasteiger charge is 2.15. The second kappa shape index (κ2) is 3.90. The van der Waals surface area contributed by atoms with Crippen molar-refractivity contribution in [3.05, 3.63) is 30.6 Å². The molecule has 0 bridgehead atoms. The average Bonchev–Trinajstić information content (AvgIpc) is 2.77. The molecule has 0 amide bonds. The van der Waals surface area contributed by atoms with E-state index >= 15 is 0 Å². The normalized spacial score (nSPS) is 15.8. The molecule has 1 saturated heterocycles. The van der Waals surface area contributed by atoms with Gasteiger partial charge in [-0.3, -0.25) is 0 Å². The summed E-state index contributed by atoms with van der Waals surface area (Å²) in [5.74, 6) is 0. The maximum Gasteiger partial charge on any atom is 0.143 e. The lowest BCUT2D eigenvalue weighted by molar-refractivity contribution is 0.472. The van der Waals surface area contributed by atoms with E-state index in [1.807, 2.05) is 24.3 Å². The van der Waals surface area contributed by atoms with Crippen molar-refractivity contribution in [2.24, 2.45) is 0 Å². The lowest BCUT2D eigenvalue weighted by atomic mass is 10.1. The molecule has 2 aromatic rings. The number of hydrogen-bond acceptors (Lipinski definition) is 5. The van der Waals surface area contributed by atoms with Crippen LogP contribution in [0.25, 0.3) is 5.69 Å². The Morgan fingerprint density at radius 2 is 2.31 bits per heavy atom. The molecule has 1 aliphatic rings. The van der Waals surface area contributed by atoms with Crippen LogP contribution >= 0.6 is 0 Å². The van der Waals surface area contributed by atoms with Crippen LogP contribution in [0.4, 0.5) is 5.69 Å². The smallest absolute Gasteiger partial charge is 0.143 e. The lowest BCUT2D eigenvalue weighted by Crippen LogP contribution is -2.51. The van der Waals surface area contributed by atoms with Crippen LogP contribution in [0.15, 0.2) is 30.6 Å². The predicted octanol–water partition coefficient (Wildman–Crippen LogP) is 0.0460. The number of nitrogens with one attached hydrogen (secondary N) is 2. The highest BCUT2D eigenvalue weighted by Crippen LogP contribution is 2.15. The molecule has 1 aliphatic heterocycles. The molecule has 1 aromatic carbocycles. The van der Waals surface area contributed by atoms with Crippen molar-refractivity contribution in [2.75, 3.05) is 18.4 Å². The first-order valence-corrected chi connectivity index (χ1v) is 5.22. The van der Waals surface area contributed by atoms with Gasteiger partial charge < -0.3 is 10.6 Å². The minimum atomic E-state index is 0.532. The van der Waals surface area contributed by atoms with E-state index in [-0.39, 0.29) is 0 Å². The summed E-state index contributed by atoms with van der Waals surface area (Å²) < 4.78 is 1.64. The number of nitrogens with zero attached hydrogens (tertiary/aromatic N) is 4. The fourth-order valence-corrected chi connectivity index (χ4v) is 1.64. The van der Waals surface area contributed by atoms with Crippen LogP contribution in [0, 0.1) is 0 Å². The van der Waals surface area contributed by atoms with Gasteiger partial charge in [-0.1, -0.05) is 6.07 Å². The summed E-state index contributed by atoms with van der Waals surface area (Å²) in [5.41, 5.74) is 2.06. The molecule has 3 rings (SSSR count). The number of hydrogen-bond donors (Lipinski definition) is 2. The topological polar surface area (TPSA) is 67.7 Å². The van der Waals surface area contributed by atoms with Gasteiger partial charge in [0.25, 0.3) is 0 Å². The first-order valence-electron chi connectivity index (χ1n) is 5.22. The van der Waals surface area contributed by atoms with Crippen LogP contribution in [0.2, 0.25) is 0 Å². The molecule has 16 heavy (non-hydrogen) atoms. The molecule has 0 aliphatic carbocycles. The van der Waals surface area contributed by atoms with Gasteiger partial charge in [-0.15, -0.1) is 5.10 Å². The number of benzene rings is 1. The molecular weight excluding hydrogens is 204 g/mol. The van der Waals surface area contributed by atoms with Gasteiger partial charge in [-0.25, -0.2) is 4.68 Å². The van der Waals surface area contributed by atoms with Crippen LogP contribution in [0.1, 0.15) is 0 Å². The van der Waals surface area contributed by atoms with Gasteiger partial charge in [0.05, 0.1) is 11.7 Å². The van der Waals surface area contributed by atoms with Gasteiger partial charge >= 0.3 is 0 Å². The SMILES string of the molecule is c1cc(NC2CNC2)cc(-n2cnnn2)c1. The van der Waals surface area contributed by atoms with Gasteiger partial charge in [0.15, 0.2) is 0 Å². The van der Waals surface area contributed by atoms with Gasteiger partial charge in [-0.05, 0) is 28.6 Å². The van der Waals surface area contributed by atoms with E-state index in [1.54, 1.807) is 11.0 Å². The zero-order valence-corrected chi connectivity index (χ0v) is 8.67. The maximum atomic E-state index is 3.86. The van der Waals surface area contributed by atoms with Crippen molar-refractivity contribution < 1.29 is 0 Å². The summed E-state index contributed by atoms with van der Waals surface area (Å²) >= 11 is 0. The second-order valence-electron chi connectivity index (χ2n) is 3.80. The van der Waals surface area contributed by atoms with Crippen LogP contribution in [0.5, 0.6) is 0 Å². The van der Waals surface area contributed by atoms with E-state index in [9.17, 15) is 0 Å². The number of tetrazole rings is 1. The first kappa shape index (κ1) is 9.29. The van der Waals surface area contributed by atoms with Gasteiger partial charge in [0.1, 0.15) is 6.33 Å². The highest BCUT2D eigenvalue weighted by molar-refractivity contribution is 5.51. The first-order chi connectivity index (χ1) is 7.92. The van der Waals surface area contributed by atoms with Gasteiger partial charge in [0.2, 0.25) is 0 Å². The molecule has 0 radical (unpaired) electrons. The van der Waals surface area contributed by atoms with Crippen LogP contribution in [0.3, 0.4) is 0 Å². The molecule has 0 spiro atoms. The standard InChI is InChI=1S/C10H12N6/c1-2-8(13-9-5-11-6-9)4-10(3-1)16-7-12-14-15-16/h1-4,7,9,11,13H,5-6H2. The zero-order chi connectivity index (χ0) is 10.8. The summed E-state index contributed by atoms with van der Waals surface area (Å²) in [6.45, 7) is 2.05. The summed E-state index contributed by atoms with van der Waals surface area (Å²) in [4.78, 5) is 0.